The molecular formula is C25H24ClN3O2. The number of ketones is 1. The highest BCUT2D eigenvalue weighted by Crippen LogP contribution is 2.50. The molecule has 1 aliphatic heterocycles. The fourth-order valence-electron chi connectivity index (χ4n) is 4.78. The van der Waals surface area contributed by atoms with E-state index in [9.17, 15) is 9.59 Å². The number of pyridine rings is 1. The number of hydrogen-bond donors (Lipinski definition) is 1. The Morgan fingerprint density at radius 1 is 1.16 bits per heavy atom. The van der Waals surface area contributed by atoms with Gasteiger partial charge in [-0.15, -0.1) is 0 Å². The van der Waals surface area contributed by atoms with Crippen molar-refractivity contribution in [2.75, 3.05) is 6.54 Å². The van der Waals surface area contributed by atoms with Crippen LogP contribution < -0.4 is 5.32 Å². The first-order valence-corrected chi connectivity index (χ1v) is 11.1. The Hall–Kier alpha value is -2.92. The lowest BCUT2D eigenvalue weighted by atomic mass is 10.0. The summed E-state index contributed by atoms with van der Waals surface area (Å²) in [5, 5.41) is 5.82. The van der Waals surface area contributed by atoms with Crippen molar-refractivity contribution in [3.05, 3.63) is 77.1 Å². The zero-order valence-corrected chi connectivity index (χ0v) is 17.9. The van der Waals surface area contributed by atoms with E-state index in [1.807, 2.05) is 48.5 Å². The number of Topliss-reactive ketones (excluding diaryl/α,β-unsaturated/α-hetero) is 1. The Morgan fingerprint density at radius 3 is 2.90 bits per heavy atom. The molecule has 2 amide bonds. The largest absolute Gasteiger partial charge is 0.334 e. The summed E-state index contributed by atoms with van der Waals surface area (Å²) < 4.78 is 0. The highest BCUT2D eigenvalue weighted by molar-refractivity contribution is 6.31. The van der Waals surface area contributed by atoms with E-state index in [2.05, 4.69) is 10.3 Å². The summed E-state index contributed by atoms with van der Waals surface area (Å²) in [5.74, 6) is 0.943. The number of likely N-dealkylation sites (tertiary alicyclic amines) is 1. The molecule has 31 heavy (non-hydrogen) atoms. The summed E-state index contributed by atoms with van der Waals surface area (Å²) in [5.41, 5.74) is 2.06. The molecule has 2 aromatic carbocycles. The molecule has 1 N–H and O–H groups in total. The van der Waals surface area contributed by atoms with Gasteiger partial charge in [-0.25, -0.2) is 4.79 Å². The molecule has 1 saturated carbocycles. The van der Waals surface area contributed by atoms with Crippen LogP contribution in [-0.2, 0) is 17.8 Å². The molecule has 1 aromatic heterocycles. The molecule has 0 bridgehead atoms. The Bertz CT molecular complexity index is 1130. The molecule has 0 spiro atoms. The molecule has 0 unspecified atom stereocenters. The highest BCUT2D eigenvalue weighted by Gasteiger charge is 2.56. The van der Waals surface area contributed by atoms with Crippen LogP contribution in [0.1, 0.15) is 24.0 Å². The van der Waals surface area contributed by atoms with Crippen molar-refractivity contribution >= 4 is 34.2 Å². The SMILES string of the molecule is O=C(CCc1cccnc1)[C@@H]1[C@H]2C[C@H]2CN1C(=O)NCc1cccc2ccc(Cl)cc12. The number of hydrogen-bond acceptors (Lipinski definition) is 3. The lowest BCUT2D eigenvalue weighted by Crippen LogP contribution is -2.48. The predicted octanol–water partition coefficient (Wildman–Crippen LogP) is 4.62. The minimum atomic E-state index is -0.302. The van der Waals surface area contributed by atoms with Gasteiger partial charge in [-0.2, -0.15) is 0 Å². The van der Waals surface area contributed by atoms with Crippen molar-refractivity contribution in [3.8, 4) is 0 Å². The van der Waals surface area contributed by atoms with Crippen LogP contribution in [0.25, 0.3) is 10.8 Å². The number of piperidine rings is 1. The van der Waals surface area contributed by atoms with Gasteiger partial charge in [0.2, 0.25) is 0 Å². The first-order chi connectivity index (χ1) is 15.1. The third kappa shape index (κ3) is 4.15. The smallest absolute Gasteiger partial charge is 0.318 e. The van der Waals surface area contributed by atoms with Crippen LogP contribution in [-0.4, -0.2) is 34.3 Å². The number of aromatic nitrogens is 1. The van der Waals surface area contributed by atoms with E-state index in [1.165, 1.54) is 0 Å². The van der Waals surface area contributed by atoms with Crippen LogP contribution in [0, 0.1) is 11.8 Å². The van der Waals surface area contributed by atoms with Crippen molar-refractivity contribution in [1.29, 1.82) is 0 Å². The number of halogens is 1. The average molecular weight is 434 g/mol. The lowest BCUT2D eigenvalue weighted by Gasteiger charge is -2.27. The van der Waals surface area contributed by atoms with E-state index in [0.29, 0.717) is 42.8 Å². The molecule has 5 rings (SSSR count). The third-order valence-corrected chi connectivity index (χ3v) is 6.72. The molecule has 2 heterocycles. The molecule has 6 heteroatoms. The molecule has 3 atom stereocenters. The van der Waals surface area contributed by atoms with Gasteiger partial charge in [-0.3, -0.25) is 9.78 Å². The number of carbonyl (C=O) groups excluding carboxylic acids is 2. The summed E-state index contributed by atoms with van der Waals surface area (Å²) >= 11 is 6.17. The zero-order valence-electron chi connectivity index (χ0n) is 17.1. The van der Waals surface area contributed by atoms with Gasteiger partial charge in [-0.05, 0) is 64.8 Å². The molecule has 3 aromatic rings. The number of nitrogens with one attached hydrogen (secondary N) is 1. The van der Waals surface area contributed by atoms with Gasteiger partial charge in [0.05, 0.1) is 6.04 Å². The quantitative estimate of drug-likeness (QED) is 0.617. The summed E-state index contributed by atoms with van der Waals surface area (Å²) in [6.45, 7) is 1.07. The maximum atomic E-state index is 13.0. The van der Waals surface area contributed by atoms with Crippen LogP contribution in [0.15, 0.2) is 60.9 Å². The number of carbonyl (C=O) groups is 2. The first kappa shape index (κ1) is 20.0. The van der Waals surface area contributed by atoms with Gasteiger partial charge in [0.1, 0.15) is 0 Å². The summed E-state index contributed by atoms with van der Waals surface area (Å²) in [4.78, 5) is 31.9. The number of urea groups is 1. The van der Waals surface area contributed by atoms with Crippen molar-refractivity contribution in [2.24, 2.45) is 11.8 Å². The van der Waals surface area contributed by atoms with E-state index in [0.717, 1.165) is 28.3 Å². The molecule has 2 aliphatic rings. The first-order valence-electron chi connectivity index (χ1n) is 10.7. The predicted molar refractivity (Wildman–Crippen MR) is 121 cm³/mol. The number of rotatable bonds is 6. The topological polar surface area (TPSA) is 62.3 Å². The summed E-state index contributed by atoms with van der Waals surface area (Å²) in [7, 11) is 0. The minimum absolute atomic E-state index is 0.154. The number of fused-ring (bicyclic) bond motifs is 2. The van der Waals surface area contributed by atoms with Gasteiger partial charge in [0.15, 0.2) is 5.78 Å². The summed E-state index contributed by atoms with van der Waals surface area (Å²) in [6, 6.07) is 15.2. The number of amides is 2. The monoisotopic (exact) mass is 433 g/mol. The minimum Gasteiger partial charge on any atom is -0.334 e. The number of nitrogens with zero attached hydrogens (tertiary/aromatic N) is 2. The molecular weight excluding hydrogens is 410 g/mol. The maximum Gasteiger partial charge on any atom is 0.318 e. The van der Waals surface area contributed by atoms with Crippen molar-refractivity contribution in [3.63, 3.8) is 0 Å². The average Bonchev–Trinajstić information content (AvgIpc) is 3.45. The zero-order chi connectivity index (χ0) is 21.4. The molecule has 2 fully saturated rings. The van der Waals surface area contributed by atoms with Crippen LogP contribution in [0.3, 0.4) is 0 Å². The van der Waals surface area contributed by atoms with Gasteiger partial charge < -0.3 is 10.2 Å². The summed E-state index contributed by atoms with van der Waals surface area (Å²) in [6.07, 6.45) is 5.67. The normalized spacial score (nSPS) is 21.7. The van der Waals surface area contributed by atoms with Gasteiger partial charge in [-0.1, -0.05) is 41.9 Å². The molecule has 0 radical (unpaired) electrons. The fourth-order valence-corrected chi connectivity index (χ4v) is 4.96. The Labute approximate surface area is 186 Å². The Morgan fingerprint density at radius 2 is 2.06 bits per heavy atom. The lowest BCUT2D eigenvalue weighted by molar-refractivity contribution is -0.123. The van der Waals surface area contributed by atoms with Crippen molar-refractivity contribution < 1.29 is 9.59 Å². The van der Waals surface area contributed by atoms with Crippen LogP contribution in [0.4, 0.5) is 4.79 Å². The highest BCUT2D eigenvalue weighted by atomic mass is 35.5. The molecule has 1 saturated heterocycles. The van der Waals surface area contributed by atoms with E-state index in [4.69, 9.17) is 11.6 Å². The van der Waals surface area contributed by atoms with E-state index < -0.39 is 0 Å². The van der Waals surface area contributed by atoms with Crippen LogP contribution in [0.2, 0.25) is 5.02 Å². The Kier molecular flexibility index (Phi) is 5.36. The number of aryl methyl sites for hydroxylation is 1. The van der Waals surface area contributed by atoms with Gasteiger partial charge >= 0.3 is 6.03 Å². The van der Waals surface area contributed by atoms with Gasteiger partial charge in [0.25, 0.3) is 0 Å². The van der Waals surface area contributed by atoms with E-state index in [-0.39, 0.29) is 17.9 Å². The van der Waals surface area contributed by atoms with E-state index >= 15 is 0 Å². The second-order valence-corrected chi connectivity index (χ2v) is 8.96. The second kappa shape index (κ2) is 8.31. The molecule has 1 aliphatic carbocycles. The second-order valence-electron chi connectivity index (χ2n) is 8.53. The Balaban J connectivity index is 1.25. The van der Waals surface area contributed by atoms with Crippen LogP contribution in [0.5, 0.6) is 0 Å². The number of benzene rings is 2. The van der Waals surface area contributed by atoms with Crippen LogP contribution >= 0.6 is 11.6 Å². The van der Waals surface area contributed by atoms with Gasteiger partial charge in [0, 0.05) is 36.9 Å². The molecule has 158 valence electrons. The standard InChI is InChI=1S/C25H24ClN3O2/c26-20-8-7-17-4-1-5-18(21(17)12-20)14-28-25(31)29-15-19-11-22(19)24(29)23(30)9-6-16-3-2-10-27-13-16/h1-5,7-8,10,12-13,19,22,24H,6,9,11,14-15H2,(H,28,31)/t19-,22-,24-/m0/s1. The molecule has 5 nitrogen and oxygen atoms in total. The van der Waals surface area contributed by atoms with E-state index in [1.54, 1.807) is 17.3 Å². The van der Waals surface area contributed by atoms with Crippen molar-refractivity contribution in [2.45, 2.75) is 31.8 Å². The van der Waals surface area contributed by atoms with Crippen molar-refractivity contribution in [1.82, 2.24) is 15.2 Å². The third-order valence-electron chi connectivity index (χ3n) is 6.49. The fraction of sp³-hybridized carbons (Fsp3) is 0.320. The maximum absolute atomic E-state index is 13.0.